The van der Waals surface area contributed by atoms with Gasteiger partial charge in [-0.15, -0.1) is 0 Å². The zero-order valence-electron chi connectivity index (χ0n) is 19.3. The Bertz CT molecular complexity index is 1840. The maximum Gasteiger partial charge on any atom is 0.345 e. The summed E-state index contributed by atoms with van der Waals surface area (Å²) in [5.41, 5.74) is -2.78. The van der Waals surface area contributed by atoms with Crippen molar-refractivity contribution in [2.75, 3.05) is 0 Å². The average molecular weight is 681 g/mol. The van der Waals surface area contributed by atoms with Gasteiger partial charge >= 0.3 is 22.5 Å². The smallest absolute Gasteiger partial charge is 0.292 e. The number of nitrogens with zero attached hydrogens (tertiary/aromatic N) is 3. The Kier molecular flexibility index (Phi) is 10.3. The molecule has 0 radical (unpaired) electrons. The molecule has 0 saturated carbocycles. The van der Waals surface area contributed by atoms with Crippen LogP contribution in [0.5, 0.6) is 0 Å². The Labute approximate surface area is 245 Å². The second-order valence-corrected chi connectivity index (χ2v) is 9.99. The lowest BCUT2D eigenvalue weighted by Gasteiger charge is -2.05. The predicted octanol–water partition coefficient (Wildman–Crippen LogP) is 2.66. The summed E-state index contributed by atoms with van der Waals surface area (Å²) in [6.07, 6.45) is 0.457. The van der Waals surface area contributed by atoms with Gasteiger partial charge in [-0.3, -0.25) is 34.2 Å². The SMILES string of the molecule is O=C(Cn1nc(Br)c(=O)[nH]c1=O)c1ccc(Cl)c(Cl)c1.O=c1[nH]c(=O)n(CCc2ccc(Cl)c(Cl)c2)[nH]c1=O. The van der Waals surface area contributed by atoms with Crippen molar-refractivity contribution in [1.29, 1.82) is 0 Å². The lowest BCUT2D eigenvalue weighted by molar-refractivity contribution is 0.0964. The Morgan fingerprint density at radius 2 is 1.41 bits per heavy atom. The second-order valence-electron chi connectivity index (χ2n) is 7.61. The highest BCUT2D eigenvalue weighted by molar-refractivity contribution is 9.10. The van der Waals surface area contributed by atoms with Crippen LogP contribution in [-0.2, 0) is 19.5 Å². The number of rotatable bonds is 6. The highest BCUT2D eigenvalue weighted by atomic mass is 79.9. The van der Waals surface area contributed by atoms with E-state index in [0.717, 1.165) is 14.9 Å². The Hall–Kier alpha value is -3.23. The van der Waals surface area contributed by atoms with E-state index < -0.39 is 33.8 Å². The maximum atomic E-state index is 12.0. The van der Waals surface area contributed by atoms with Crippen LogP contribution in [0.1, 0.15) is 15.9 Å². The Morgan fingerprint density at radius 1 is 0.795 bits per heavy atom. The minimum absolute atomic E-state index is 0.0842. The van der Waals surface area contributed by atoms with Crippen molar-refractivity contribution in [2.45, 2.75) is 19.5 Å². The van der Waals surface area contributed by atoms with Crippen molar-refractivity contribution < 1.29 is 4.79 Å². The van der Waals surface area contributed by atoms with E-state index in [2.05, 4.69) is 26.1 Å². The summed E-state index contributed by atoms with van der Waals surface area (Å²) in [6, 6.07) is 9.47. The van der Waals surface area contributed by atoms with Crippen LogP contribution in [0.2, 0.25) is 20.1 Å². The van der Waals surface area contributed by atoms with Crippen LogP contribution >= 0.6 is 62.3 Å². The monoisotopic (exact) mass is 678 g/mol. The van der Waals surface area contributed by atoms with Gasteiger partial charge in [-0.1, -0.05) is 52.5 Å². The number of aromatic nitrogens is 6. The fourth-order valence-corrected chi connectivity index (χ4v) is 3.86. The molecule has 4 aromatic rings. The molecule has 2 aromatic heterocycles. The van der Waals surface area contributed by atoms with E-state index in [0.29, 0.717) is 21.5 Å². The van der Waals surface area contributed by atoms with Gasteiger partial charge in [-0.05, 0) is 58.2 Å². The number of nitrogens with one attached hydrogen (secondary N) is 3. The molecule has 0 aliphatic carbocycles. The quantitative estimate of drug-likeness (QED) is 0.207. The number of hydrogen-bond acceptors (Lipinski definition) is 7. The van der Waals surface area contributed by atoms with Crippen molar-refractivity contribution in [1.82, 2.24) is 29.5 Å². The summed E-state index contributed by atoms with van der Waals surface area (Å²) in [5, 5.41) is 7.28. The van der Waals surface area contributed by atoms with Crippen LogP contribution in [0.3, 0.4) is 0 Å². The normalized spacial score (nSPS) is 10.6. The fourth-order valence-electron chi connectivity index (χ4n) is 2.95. The molecule has 0 aliphatic rings. The van der Waals surface area contributed by atoms with Crippen LogP contribution in [0.15, 0.2) is 65.0 Å². The van der Waals surface area contributed by atoms with E-state index in [1.807, 2.05) is 9.97 Å². The molecule has 4 rings (SSSR count). The lowest BCUT2D eigenvalue weighted by Crippen LogP contribution is -2.43. The minimum Gasteiger partial charge on any atom is -0.292 e. The molecule has 204 valence electrons. The number of H-pyrrole nitrogens is 3. The average Bonchev–Trinajstić information content (AvgIpc) is 2.88. The molecule has 2 aromatic carbocycles. The van der Waals surface area contributed by atoms with Crippen LogP contribution in [0.25, 0.3) is 0 Å². The summed E-state index contributed by atoms with van der Waals surface area (Å²) in [6.45, 7) is -0.116. The third kappa shape index (κ3) is 8.13. The van der Waals surface area contributed by atoms with Crippen LogP contribution < -0.4 is 28.1 Å². The molecule has 3 N–H and O–H groups in total. The minimum atomic E-state index is -0.962. The predicted molar refractivity (Wildman–Crippen MR) is 150 cm³/mol. The standard InChI is InChI=1S/C11H6BrCl2N3O3.C11H9Cl2N3O3/c12-9-10(19)15-11(20)17(16-9)4-8(18)5-1-2-6(13)7(14)3-5;12-7-2-1-6(5-8(7)13)3-4-16-11(19)14-9(17)10(18)15-16/h1-3H,4H2,(H,15,19,20);1-2,5H,3-4H2,(H,15,18)(H,14,17,19). The number of halogens is 5. The van der Waals surface area contributed by atoms with E-state index in [1.54, 1.807) is 18.2 Å². The molecule has 39 heavy (non-hydrogen) atoms. The molecular weight excluding hydrogens is 666 g/mol. The van der Waals surface area contributed by atoms with Crippen LogP contribution in [0, 0.1) is 0 Å². The Balaban J connectivity index is 0.000000216. The van der Waals surface area contributed by atoms with E-state index >= 15 is 0 Å². The molecule has 0 aliphatic heterocycles. The zero-order valence-corrected chi connectivity index (χ0v) is 23.9. The topological polar surface area (TPSA) is 173 Å². The van der Waals surface area contributed by atoms with Gasteiger partial charge in [0.15, 0.2) is 10.4 Å². The highest BCUT2D eigenvalue weighted by Gasteiger charge is 2.12. The summed E-state index contributed by atoms with van der Waals surface area (Å²) in [7, 11) is 0. The Morgan fingerprint density at radius 3 is 2.05 bits per heavy atom. The molecule has 0 bridgehead atoms. The van der Waals surface area contributed by atoms with Crippen molar-refractivity contribution in [3.63, 3.8) is 0 Å². The van der Waals surface area contributed by atoms with Crippen molar-refractivity contribution >= 4 is 68.1 Å². The molecule has 12 nitrogen and oxygen atoms in total. The fraction of sp³-hybridized carbons (Fsp3) is 0.136. The summed E-state index contributed by atoms with van der Waals surface area (Å²) >= 11 is 26.1. The van der Waals surface area contributed by atoms with Gasteiger partial charge in [0.1, 0.15) is 6.54 Å². The molecule has 0 spiro atoms. The number of carbonyl (C=O) groups is 1. The molecule has 2 heterocycles. The highest BCUT2D eigenvalue weighted by Crippen LogP contribution is 2.23. The van der Waals surface area contributed by atoms with Crippen LogP contribution in [0.4, 0.5) is 0 Å². The van der Waals surface area contributed by atoms with E-state index in [1.165, 1.54) is 18.2 Å². The number of ketones is 1. The lowest BCUT2D eigenvalue weighted by atomic mass is 10.1. The third-order valence-corrected chi connectivity index (χ3v) is 6.90. The van der Waals surface area contributed by atoms with Gasteiger partial charge in [0.25, 0.3) is 5.56 Å². The number of Topliss-reactive ketones (excluding diaryl/α,β-unsaturated/α-hetero) is 1. The molecule has 0 unspecified atom stereocenters. The van der Waals surface area contributed by atoms with Crippen LogP contribution in [-0.4, -0.2) is 35.3 Å². The van der Waals surface area contributed by atoms with E-state index in [-0.39, 0.29) is 28.3 Å². The number of carbonyl (C=O) groups excluding carboxylic acids is 1. The number of aromatic amines is 3. The molecule has 0 fully saturated rings. The first-order valence-electron chi connectivity index (χ1n) is 10.6. The maximum absolute atomic E-state index is 12.0. The first-order valence-corrected chi connectivity index (χ1v) is 12.9. The number of hydrogen-bond donors (Lipinski definition) is 3. The van der Waals surface area contributed by atoms with Gasteiger partial charge < -0.3 is 0 Å². The molecule has 0 atom stereocenters. The molecule has 0 amide bonds. The summed E-state index contributed by atoms with van der Waals surface area (Å²) < 4.78 is 1.79. The molecule has 0 saturated heterocycles. The van der Waals surface area contributed by atoms with Gasteiger partial charge in [0.05, 0.1) is 20.1 Å². The summed E-state index contributed by atoms with van der Waals surface area (Å²) in [4.78, 5) is 72.0. The van der Waals surface area contributed by atoms with Gasteiger partial charge in [-0.2, -0.15) is 5.10 Å². The summed E-state index contributed by atoms with van der Waals surface area (Å²) in [5.74, 6) is -0.392. The van der Waals surface area contributed by atoms with Gasteiger partial charge in [0.2, 0.25) is 0 Å². The first kappa shape index (κ1) is 30.3. The van der Waals surface area contributed by atoms with Crippen molar-refractivity contribution in [3.05, 3.63) is 124 Å². The second kappa shape index (κ2) is 13.2. The largest absolute Gasteiger partial charge is 0.345 e. The van der Waals surface area contributed by atoms with Gasteiger partial charge in [0, 0.05) is 12.1 Å². The van der Waals surface area contributed by atoms with Gasteiger partial charge in [-0.25, -0.2) is 19.0 Å². The molecule has 17 heteroatoms. The van der Waals surface area contributed by atoms with Crippen molar-refractivity contribution in [3.8, 4) is 0 Å². The molecular formula is C22H15BrCl4N6O6. The zero-order chi connectivity index (χ0) is 28.9. The first-order chi connectivity index (χ1) is 18.3. The van der Waals surface area contributed by atoms with Crippen molar-refractivity contribution in [2.24, 2.45) is 0 Å². The number of benzene rings is 2. The van der Waals surface area contributed by atoms with E-state index in [9.17, 15) is 28.8 Å². The number of aryl methyl sites for hydroxylation is 2. The third-order valence-electron chi connectivity index (χ3n) is 4.90. The van der Waals surface area contributed by atoms with E-state index in [4.69, 9.17) is 46.4 Å².